The second-order valence-electron chi connectivity index (χ2n) is 22.5. The van der Waals surface area contributed by atoms with Gasteiger partial charge >= 0.3 is 0 Å². The van der Waals surface area contributed by atoms with Gasteiger partial charge in [0.1, 0.15) is 73.2 Å². The van der Waals surface area contributed by atoms with E-state index in [4.69, 9.17) is 28.4 Å². The highest BCUT2D eigenvalue weighted by Crippen LogP contribution is 2.33. The van der Waals surface area contributed by atoms with Crippen molar-refractivity contribution in [2.24, 2.45) is 0 Å². The minimum absolute atomic E-state index is 0.250. The van der Waals surface area contributed by atoms with E-state index < -0.39 is 124 Å². The van der Waals surface area contributed by atoms with Crippen LogP contribution < -0.4 is 5.32 Å². The van der Waals surface area contributed by atoms with Crippen molar-refractivity contribution < 1.29 is 89.4 Å². The van der Waals surface area contributed by atoms with E-state index in [2.05, 4.69) is 129 Å². The van der Waals surface area contributed by atoms with Crippen LogP contribution in [0, 0.1) is 0 Å². The number of allylic oxidation sites excluding steroid dienone is 18. The van der Waals surface area contributed by atoms with E-state index >= 15 is 0 Å². The van der Waals surface area contributed by atoms with E-state index in [9.17, 15) is 61.0 Å². The van der Waals surface area contributed by atoms with Crippen LogP contribution in [-0.4, -0.2) is 193 Å². The first kappa shape index (κ1) is 76.7. The number of aliphatic hydroxyl groups excluding tert-OH is 11. The Morgan fingerprint density at radius 2 is 0.802 bits per heavy atom. The lowest BCUT2D eigenvalue weighted by Crippen LogP contribution is -2.66. The molecule has 3 aliphatic heterocycles. The fraction of sp³-hybridized carbons (Fsp3) is 0.716. The van der Waals surface area contributed by atoms with Gasteiger partial charge in [0.05, 0.1) is 38.6 Å². The van der Waals surface area contributed by atoms with E-state index in [1.54, 1.807) is 0 Å². The lowest BCUT2D eigenvalue weighted by molar-refractivity contribution is -0.379. The number of aliphatic hydroxyl groups is 11. The predicted molar refractivity (Wildman–Crippen MR) is 332 cm³/mol. The third-order valence-corrected chi connectivity index (χ3v) is 15.4. The summed E-state index contributed by atoms with van der Waals surface area (Å²) in [5.41, 5.74) is 0. The molecule has 17 unspecified atom stereocenters. The number of hydrogen-bond donors (Lipinski definition) is 12. The molecule has 3 fully saturated rings. The highest BCUT2D eigenvalue weighted by atomic mass is 16.8. The third kappa shape index (κ3) is 30.8. The highest BCUT2D eigenvalue weighted by molar-refractivity contribution is 5.76. The maximum absolute atomic E-state index is 13.2. The first-order chi connectivity index (χ1) is 41.8. The smallest absolute Gasteiger partial charge is 0.220 e. The van der Waals surface area contributed by atoms with Crippen molar-refractivity contribution in [1.82, 2.24) is 5.32 Å². The molecule has 0 aromatic heterocycles. The van der Waals surface area contributed by atoms with Gasteiger partial charge < -0.3 is 89.9 Å². The largest absolute Gasteiger partial charge is 0.394 e. The molecule has 3 rings (SSSR count). The van der Waals surface area contributed by atoms with Gasteiger partial charge in [0.2, 0.25) is 5.91 Å². The van der Waals surface area contributed by atoms with Crippen LogP contribution >= 0.6 is 0 Å². The minimum Gasteiger partial charge on any atom is -0.394 e. The maximum atomic E-state index is 13.2. The Morgan fingerprint density at radius 1 is 0.430 bits per heavy atom. The van der Waals surface area contributed by atoms with Gasteiger partial charge in [0.15, 0.2) is 18.9 Å². The Bertz CT molecular complexity index is 1990. The van der Waals surface area contributed by atoms with Crippen LogP contribution in [0.1, 0.15) is 174 Å². The van der Waals surface area contributed by atoms with E-state index in [-0.39, 0.29) is 18.9 Å². The van der Waals surface area contributed by atoms with E-state index in [1.165, 1.54) is 25.7 Å². The maximum Gasteiger partial charge on any atom is 0.220 e. The van der Waals surface area contributed by atoms with Crippen LogP contribution in [0.3, 0.4) is 0 Å². The fourth-order valence-electron chi connectivity index (χ4n) is 10.1. The molecule has 19 nitrogen and oxygen atoms in total. The summed E-state index contributed by atoms with van der Waals surface area (Å²) in [5.74, 6) is -0.265. The van der Waals surface area contributed by atoms with Crippen LogP contribution in [-0.2, 0) is 33.2 Å². The van der Waals surface area contributed by atoms with Crippen LogP contribution in [0.5, 0.6) is 0 Å². The van der Waals surface area contributed by atoms with Crippen molar-refractivity contribution in [1.29, 1.82) is 0 Å². The topological polar surface area (TPSA) is 307 Å². The summed E-state index contributed by atoms with van der Waals surface area (Å²) in [6.07, 6.45) is 37.2. The zero-order valence-corrected chi connectivity index (χ0v) is 51.5. The average Bonchev–Trinajstić information content (AvgIpc) is 1.41. The first-order valence-electron chi connectivity index (χ1n) is 32.1. The Kier molecular flexibility index (Phi) is 43.1. The molecule has 3 heterocycles. The number of unbranched alkanes of at least 4 members (excludes halogenated alkanes) is 12. The summed E-state index contributed by atoms with van der Waals surface area (Å²) in [6, 6.07) is -0.893. The lowest BCUT2D eigenvalue weighted by atomic mass is 9.96. The zero-order valence-electron chi connectivity index (χ0n) is 51.5. The van der Waals surface area contributed by atoms with Gasteiger partial charge in [-0.05, 0) is 83.5 Å². The van der Waals surface area contributed by atoms with Gasteiger partial charge in [-0.1, -0.05) is 194 Å². The number of rotatable bonds is 46. The van der Waals surface area contributed by atoms with Crippen LogP contribution in [0.25, 0.3) is 0 Å². The summed E-state index contributed by atoms with van der Waals surface area (Å²) in [7, 11) is 0. The summed E-state index contributed by atoms with van der Waals surface area (Å²) in [6.45, 7) is 1.50. The van der Waals surface area contributed by atoms with Gasteiger partial charge in [0, 0.05) is 6.42 Å². The lowest BCUT2D eigenvalue weighted by Gasteiger charge is -2.48. The van der Waals surface area contributed by atoms with Crippen molar-refractivity contribution in [3.8, 4) is 0 Å². The Balaban J connectivity index is 1.27. The van der Waals surface area contributed by atoms with Crippen molar-refractivity contribution >= 4 is 5.91 Å². The van der Waals surface area contributed by atoms with Gasteiger partial charge in [-0.3, -0.25) is 4.79 Å². The number of carbonyl (C=O) groups is 1. The summed E-state index contributed by atoms with van der Waals surface area (Å²) >= 11 is 0. The molecule has 17 atom stereocenters. The molecular formula is C67H111NO18. The molecule has 3 aliphatic rings. The van der Waals surface area contributed by atoms with E-state index in [1.807, 2.05) is 0 Å². The molecule has 0 aromatic rings. The highest BCUT2D eigenvalue weighted by Gasteiger charge is 2.53. The minimum atomic E-state index is -1.97. The molecule has 492 valence electrons. The SMILES string of the molecule is CC/C=C\C/C=C\C/C=C\C/C=C\C/C=C\C/C=C\C/C=C\C/C=C\C/C=C\CCCCCCCCCCCC(=O)NC(COC1OC(CO)C(OC2OC(CO)C(OC3OC(CO)C(O)C(O)C3O)C(O)C2O)C(O)C1O)C(O)CCCCCC. The molecule has 0 saturated carbocycles. The molecule has 0 radical (unpaired) electrons. The van der Waals surface area contributed by atoms with Crippen molar-refractivity contribution in [2.75, 3.05) is 26.4 Å². The van der Waals surface area contributed by atoms with Crippen LogP contribution in [0.4, 0.5) is 0 Å². The second-order valence-corrected chi connectivity index (χ2v) is 22.5. The zero-order chi connectivity index (χ0) is 62.6. The first-order valence-corrected chi connectivity index (χ1v) is 32.1. The van der Waals surface area contributed by atoms with E-state index in [0.29, 0.717) is 19.3 Å². The number of nitrogens with one attached hydrogen (secondary N) is 1. The molecule has 3 saturated heterocycles. The van der Waals surface area contributed by atoms with Crippen molar-refractivity contribution in [3.63, 3.8) is 0 Å². The molecule has 0 bridgehead atoms. The molecular weight excluding hydrogens is 1110 g/mol. The second kappa shape index (κ2) is 48.3. The predicted octanol–water partition coefficient (Wildman–Crippen LogP) is 7.10. The Hall–Kier alpha value is -3.55. The normalized spacial score (nSPS) is 29.5. The molecule has 0 aromatic carbocycles. The van der Waals surface area contributed by atoms with Crippen LogP contribution in [0.2, 0.25) is 0 Å². The number of hydrogen-bond acceptors (Lipinski definition) is 18. The molecule has 86 heavy (non-hydrogen) atoms. The quantitative estimate of drug-likeness (QED) is 0.0214. The fourth-order valence-corrected chi connectivity index (χ4v) is 10.1. The standard InChI is InChI=1S/C67H111NO18/c1-3-5-7-9-10-11-12-13-14-15-16-17-18-19-20-21-22-23-24-25-26-27-28-29-30-31-32-33-34-35-36-37-38-39-40-41-43-45-55(73)68-50(51(72)44-42-8-6-4-2)49-81-65-61(79)58(76)63(53(47-70)83-65)86-67-62(80)59(77)64(54(48-71)84-67)85-66-60(78)57(75)56(74)52(46-69)82-66/h5,7,10-11,13-14,16-17,19-20,22-23,25-26,28-29,31-32,50-54,56-67,69-72,74-80H,3-4,6,8-9,12,15,18,21,24,27,30,33-49H2,1-2H3,(H,68,73)/b7-5-,11-10-,14-13-,17-16-,20-19-,23-22-,26-25-,29-28-,32-31-. The van der Waals surface area contributed by atoms with Gasteiger partial charge in [0.25, 0.3) is 0 Å². The molecule has 1 amide bonds. The number of amides is 1. The van der Waals surface area contributed by atoms with Gasteiger partial charge in [-0.25, -0.2) is 0 Å². The van der Waals surface area contributed by atoms with Gasteiger partial charge in [-0.15, -0.1) is 0 Å². The van der Waals surface area contributed by atoms with Crippen molar-refractivity contribution in [2.45, 2.75) is 279 Å². The van der Waals surface area contributed by atoms with E-state index in [0.717, 1.165) is 109 Å². The third-order valence-electron chi connectivity index (χ3n) is 15.4. The summed E-state index contributed by atoms with van der Waals surface area (Å²) in [5, 5.41) is 120. The van der Waals surface area contributed by atoms with Crippen LogP contribution in [0.15, 0.2) is 109 Å². The summed E-state index contributed by atoms with van der Waals surface area (Å²) in [4.78, 5) is 13.2. The number of ether oxygens (including phenoxy) is 6. The monoisotopic (exact) mass is 1220 g/mol. The summed E-state index contributed by atoms with van der Waals surface area (Å²) < 4.78 is 34.1. The number of carbonyl (C=O) groups excluding carboxylic acids is 1. The van der Waals surface area contributed by atoms with Gasteiger partial charge in [-0.2, -0.15) is 0 Å². The Morgan fingerprint density at radius 3 is 1.24 bits per heavy atom. The van der Waals surface area contributed by atoms with Crippen molar-refractivity contribution in [3.05, 3.63) is 109 Å². The molecule has 0 spiro atoms. The average molecular weight is 1220 g/mol. The Labute approximate surface area is 513 Å². The molecule has 19 heteroatoms. The molecule has 0 aliphatic carbocycles. The molecule has 12 N–H and O–H groups in total.